The lowest BCUT2D eigenvalue weighted by atomic mass is 10.1. The number of carboxylic acid groups (broad SMARTS) is 1. The average Bonchev–Trinajstić information content (AvgIpc) is 2.35. The fraction of sp³-hybridized carbons (Fsp3) is 0.200. The first-order valence-corrected chi connectivity index (χ1v) is 7.84. The number of carbonyl (C=O) groups is 1. The molecule has 0 amide bonds. The molecule has 2 aromatic rings. The topological polar surface area (TPSA) is 50.2 Å². The van der Waals surface area contributed by atoms with Gasteiger partial charge in [0.1, 0.15) is 5.03 Å². The van der Waals surface area contributed by atoms with Crippen LogP contribution >= 0.6 is 27.7 Å². The Kier molecular flexibility index (Phi) is 4.83. The highest BCUT2D eigenvalue weighted by Crippen LogP contribution is 2.28. The lowest BCUT2D eigenvalue weighted by Gasteiger charge is -2.09. The van der Waals surface area contributed by atoms with Gasteiger partial charge in [0.05, 0.1) is 5.56 Å². The minimum Gasteiger partial charge on any atom is -0.478 e. The molecule has 104 valence electrons. The molecular weight excluding hydrogens is 338 g/mol. The Hall–Kier alpha value is -1.33. The van der Waals surface area contributed by atoms with E-state index in [9.17, 15) is 9.90 Å². The van der Waals surface area contributed by atoms with Crippen LogP contribution in [0.15, 0.2) is 39.8 Å². The molecule has 0 aliphatic rings. The van der Waals surface area contributed by atoms with Gasteiger partial charge in [-0.25, -0.2) is 9.78 Å². The number of aromatic nitrogens is 1. The third kappa shape index (κ3) is 3.61. The summed E-state index contributed by atoms with van der Waals surface area (Å²) >= 11 is 4.88. The van der Waals surface area contributed by atoms with E-state index in [0.717, 1.165) is 21.3 Å². The largest absolute Gasteiger partial charge is 0.478 e. The monoisotopic (exact) mass is 351 g/mol. The van der Waals surface area contributed by atoms with Crippen molar-refractivity contribution >= 4 is 33.7 Å². The van der Waals surface area contributed by atoms with Crippen molar-refractivity contribution in [2.24, 2.45) is 0 Å². The van der Waals surface area contributed by atoms with Crippen LogP contribution in [0, 0.1) is 13.8 Å². The maximum absolute atomic E-state index is 11.4. The third-order valence-corrected chi connectivity index (χ3v) is 4.33. The van der Waals surface area contributed by atoms with Gasteiger partial charge in [-0.15, -0.1) is 11.8 Å². The van der Waals surface area contributed by atoms with Gasteiger partial charge < -0.3 is 5.11 Å². The predicted octanol–water partition coefficient (Wildman–Crippen LogP) is 4.45. The Morgan fingerprint density at radius 2 is 2.10 bits per heavy atom. The number of hydrogen-bond acceptors (Lipinski definition) is 3. The lowest BCUT2D eigenvalue weighted by molar-refractivity contribution is 0.0691. The summed E-state index contributed by atoms with van der Waals surface area (Å²) < 4.78 is 1.02. The molecule has 0 bridgehead atoms. The second-order valence-electron chi connectivity index (χ2n) is 4.48. The Bertz CT molecular complexity index is 658. The quantitative estimate of drug-likeness (QED) is 0.826. The van der Waals surface area contributed by atoms with Crippen LogP contribution in [0.3, 0.4) is 0 Å². The molecule has 0 aliphatic heterocycles. The fourth-order valence-corrected chi connectivity index (χ4v) is 3.48. The molecule has 0 saturated carbocycles. The molecule has 1 aromatic heterocycles. The first-order chi connectivity index (χ1) is 9.47. The summed E-state index contributed by atoms with van der Waals surface area (Å²) in [7, 11) is 0. The lowest BCUT2D eigenvalue weighted by Crippen LogP contribution is -2.05. The van der Waals surface area contributed by atoms with E-state index in [1.54, 1.807) is 13.0 Å². The van der Waals surface area contributed by atoms with Gasteiger partial charge >= 0.3 is 5.97 Å². The Morgan fingerprint density at radius 3 is 2.75 bits per heavy atom. The SMILES string of the molecule is Cc1cc(C)c(C(=O)O)c(SCc2cccc(Br)c2)n1. The zero-order chi connectivity index (χ0) is 14.7. The van der Waals surface area contributed by atoms with Gasteiger partial charge in [-0.05, 0) is 43.2 Å². The van der Waals surface area contributed by atoms with Crippen molar-refractivity contribution in [2.45, 2.75) is 24.6 Å². The van der Waals surface area contributed by atoms with Gasteiger partial charge in [0, 0.05) is 15.9 Å². The zero-order valence-corrected chi connectivity index (χ0v) is 13.6. The highest BCUT2D eigenvalue weighted by molar-refractivity contribution is 9.10. The summed E-state index contributed by atoms with van der Waals surface area (Å²) in [5.74, 6) is -0.234. The van der Waals surface area contributed by atoms with E-state index in [-0.39, 0.29) is 0 Å². The minimum atomic E-state index is -0.924. The number of benzene rings is 1. The van der Waals surface area contributed by atoms with Gasteiger partial charge in [0.25, 0.3) is 0 Å². The number of pyridine rings is 1. The summed E-state index contributed by atoms with van der Waals surface area (Å²) in [5, 5.41) is 9.90. The number of nitrogens with zero attached hydrogens (tertiary/aromatic N) is 1. The van der Waals surface area contributed by atoms with Crippen molar-refractivity contribution in [1.29, 1.82) is 0 Å². The number of halogens is 1. The van der Waals surface area contributed by atoms with Crippen molar-refractivity contribution < 1.29 is 9.90 Å². The van der Waals surface area contributed by atoms with E-state index in [1.165, 1.54) is 11.8 Å². The number of aryl methyl sites for hydroxylation is 2. The predicted molar refractivity (Wildman–Crippen MR) is 84.4 cm³/mol. The molecule has 0 unspecified atom stereocenters. The number of rotatable bonds is 4. The smallest absolute Gasteiger partial charge is 0.338 e. The standard InChI is InChI=1S/C15H14BrNO2S/c1-9-6-10(2)17-14(13(9)15(18)19)20-8-11-4-3-5-12(16)7-11/h3-7H,8H2,1-2H3,(H,18,19). The molecule has 2 rings (SSSR count). The molecule has 20 heavy (non-hydrogen) atoms. The highest BCUT2D eigenvalue weighted by Gasteiger charge is 2.16. The van der Waals surface area contributed by atoms with Crippen molar-refractivity contribution in [3.05, 3.63) is 57.2 Å². The van der Waals surface area contributed by atoms with Crippen molar-refractivity contribution in [3.8, 4) is 0 Å². The van der Waals surface area contributed by atoms with Gasteiger partial charge in [0.2, 0.25) is 0 Å². The van der Waals surface area contributed by atoms with E-state index in [0.29, 0.717) is 16.3 Å². The van der Waals surface area contributed by atoms with Crippen LogP contribution in [0.1, 0.15) is 27.2 Å². The van der Waals surface area contributed by atoms with Gasteiger partial charge in [-0.3, -0.25) is 0 Å². The third-order valence-electron chi connectivity index (χ3n) is 2.79. The molecule has 1 aromatic carbocycles. The minimum absolute atomic E-state index is 0.301. The zero-order valence-electron chi connectivity index (χ0n) is 11.2. The molecule has 1 heterocycles. The normalized spacial score (nSPS) is 10.6. The molecular formula is C15H14BrNO2S. The molecule has 0 aliphatic carbocycles. The van der Waals surface area contributed by atoms with E-state index >= 15 is 0 Å². The second kappa shape index (κ2) is 6.41. The molecule has 1 N–H and O–H groups in total. The number of aromatic carboxylic acids is 1. The Labute approximate surface area is 130 Å². The molecule has 5 heteroatoms. The van der Waals surface area contributed by atoms with Gasteiger partial charge in [-0.2, -0.15) is 0 Å². The van der Waals surface area contributed by atoms with Crippen LogP contribution < -0.4 is 0 Å². The van der Waals surface area contributed by atoms with Crippen molar-refractivity contribution in [2.75, 3.05) is 0 Å². The summed E-state index contributed by atoms with van der Waals surface area (Å²) in [6.07, 6.45) is 0. The number of thioether (sulfide) groups is 1. The fourth-order valence-electron chi connectivity index (χ4n) is 1.95. The maximum atomic E-state index is 11.4. The molecule has 0 spiro atoms. The first-order valence-electron chi connectivity index (χ1n) is 6.06. The summed E-state index contributed by atoms with van der Waals surface area (Å²) in [6, 6.07) is 9.77. The van der Waals surface area contributed by atoms with Crippen LogP contribution in [0.5, 0.6) is 0 Å². The number of hydrogen-bond donors (Lipinski definition) is 1. The Balaban J connectivity index is 2.27. The average molecular weight is 352 g/mol. The molecule has 0 fully saturated rings. The van der Waals surface area contributed by atoms with E-state index in [1.807, 2.05) is 31.2 Å². The van der Waals surface area contributed by atoms with Crippen molar-refractivity contribution in [3.63, 3.8) is 0 Å². The maximum Gasteiger partial charge on any atom is 0.338 e. The number of carboxylic acids is 1. The van der Waals surface area contributed by atoms with E-state index in [4.69, 9.17) is 0 Å². The molecule has 0 radical (unpaired) electrons. The molecule has 3 nitrogen and oxygen atoms in total. The Morgan fingerprint density at radius 1 is 1.35 bits per heavy atom. The van der Waals surface area contributed by atoms with E-state index in [2.05, 4.69) is 20.9 Å². The second-order valence-corrected chi connectivity index (χ2v) is 6.36. The van der Waals surface area contributed by atoms with Crippen LogP contribution in [-0.4, -0.2) is 16.1 Å². The van der Waals surface area contributed by atoms with Gasteiger partial charge in [0.15, 0.2) is 0 Å². The summed E-state index contributed by atoms with van der Waals surface area (Å²) in [6.45, 7) is 3.68. The molecule has 0 atom stereocenters. The van der Waals surface area contributed by atoms with E-state index < -0.39 is 5.97 Å². The molecule has 0 saturated heterocycles. The van der Waals surface area contributed by atoms with Crippen LogP contribution in [0.4, 0.5) is 0 Å². The summed E-state index contributed by atoms with van der Waals surface area (Å²) in [4.78, 5) is 15.7. The highest BCUT2D eigenvalue weighted by atomic mass is 79.9. The van der Waals surface area contributed by atoms with Crippen LogP contribution in [0.2, 0.25) is 0 Å². The van der Waals surface area contributed by atoms with Crippen LogP contribution in [0.25, 0.3) is 0 Å². The van der Waals surface area contributed by atoms with Crippen LogP contribution in [-0.2, 0) is 5.75 Å². The van der Waals surface area contributed by atoms with Gasteiger partial charge in [-0.1, -0.05) is 28.1 Å². The first kappa shape index (κ1) is 15.1. The van der Waals surface area contributed by atoms with Crippen molar-refractivity contribution in [1.82, 2.24) is 4.98 Å². The summed E-state index contributed by atoms with van der Waals surface area (Å²) in [5.41, 5.74) is 3.02.